The van der Waals surface area contributed by atoms with E-state index in [2.05, 4.69) is 15.6 Å². The van der Waals surface area contributed by atoms with Gasteiger partial charge in [-0.25, -0.2) is 4.98 Å². The van der Waals surface area contributed by atoms with Crippen LogP contribution >= 0.6 is 0 Å². The molecule has 6 nitrogen and oxygen atoms in total. The zero-order valence-corrected chi connectivity index (χ0v) is 11.7. The van der Waals surface area contributed by atoms with E-state index in [4.69, 9.17) is 0 Å². The van der Waals surface area contributed by atoms with Gasteiger partial charge in [-0.3, -0.25) is 14.2 Å². The van der Waals surface area contributed by atoms with Gasteiger partial charge in [0.15, 0.2) is 0 Å². The van der Waals surface area contributed by atoms with E-state index in [0.717, 1.165) is 25.5 Å². The van der Waals surface area contributed by atoms with Crippen molar-refractivity contribution >= 4 is 11.8 Å². The molecule has 2 amide bonds. The number of imidazole rings is 1. The highest BCUT2D eigenvalue weighted by molar-refractivity contribution is 5.88. The van der Waals surface area contributed by atoms with Gasteiger partial charge < -0.3 is 10.6 Å². The van der Waals surface area contributed by atoms with Crippen LogP contribution in [0.15, 0.2) is 12.4 Å². The van der Waals surface area contributed by atoms with E-state index < -0.39 is 18.5 Å². The molecule has 1 atom stereocenters. The molecular formula is C13H18F2N4O2. The average Bonchev–Trinajstić information content (AvgIpc) is 2.81. The van der Waals surface area contributed by atoms with Crippen LogP contribution in [0.1, 0.15) is 38.6 Å². The molecule has 8 heteroatoms. The first-order chi connectivity index (χ1) is 9.99. The summed E-state index contributed by atoms with van der Waals surface area (Å²) in [4.78, 5) is 27.3. The second-order valence-corrected chi connectivity index (χ2v) is 5.10. The van der Waals surface area contributed by atoms with Crippen molar-refractivity contribution in [3.63, 3.8) is 0 Å². The van der Waals surface area contributed by atoms with Crippen molar-refractivity contribution in [2.75, 3.05) is 0 Å². The summed E-state index contributed by atoms with van der Waals surface area (Å²) in [6, 6.07) is -0.701. The maximum Gasteiger partial charge on any atom is 0.319 e. The lowest BCUT2D eigenvalue weighted by Gasteiger charge is -2.25. The van der Waals surface area contributed by atoms with E-state index in [1.807, 2.05) is 0 Å². The van der Waals surface area contributed by atoms with E-state index in [-0.39, 0.29) is 24.2 Å². The number of rotatable bonds is 6. The van der Waals surface area contributed by atoms with Crippen LogP contribution in [-0.2, 0) is 16.1 Å². The third kappa shape index (κ3) is 3.77. The Balaban J connectivity index is 1.80. The van der Waals surface area contributed by atoms with Crippen molar-refractivity contribution in [3.05, 3.63) is 18.2 Å². The fourth-order valence-corrected chi connectivity index (χ4v) is 2.05. The highest BCUT2D eigenvalue weighted by Gasteiger charge is 2.27. The van der Waals surface area contributed by atoms with E-state index >= 15 is 0 Å². The van der Waals surface area contributed by atoms with Gasteiger partial charge in [-0.1, -0.05) is 6.42 Å². The van der Waals surface area contributed by atoms with Crippen molar-refractivity contribution in [1.82, 2.24) is 20.2 Å². The monoisotopic (exact) mass is 300 g/mol. The average molecular weight is 300 g/mol. The number of carbonyl (C=O) groups is 2. The molecule has 1 saturated carbocycles. The molecule has 21 heavy (non-hydrogen) atoms. The SMILES string of the molecule is CC(NC(=O)C1CCC1)C(=O)NCc1nccn1C(F)F. The van der Waals surface area contributed by atoms with Crippen molar-refractivity contribution in [3.8, 4) is 0 Å². The van der Waals surface area contributed by atoms with Gasteiger partial charge >= 0.3 is 6.55 Å². The topological polar surface area (TPSA) is 76.0 Å². The third-order valence-electron chi connectivity index (χ3n) is 3.61. The lowest BCUT2D eigenvalue weighted by atomic mass is 9.84. The van der Waals surface area contributed by atoms with Crippen LogP contribution in [-0.4, -0.2) is 27.4 Å². The number of nitrogens with zero attached hydrogens (tertiary/aromatic N) is 2. The van der Waals surface area contributed by atoms with E-state index in [0.29, 0.717) is 4.57 Å². The molecule has 1 aromatic rings. The summed E-state index contributed by atoms with van der Waals surface area (Å²) in [5.41, 5.74) is 0. The predicted molar refractivity (Wildman–Crippen MR) is 70.3 cm³/mol. The molecule has 1 fully saturated rings. The maximum absolute atomic E-state index is 12.6. The molecule has 1 aliphatic carbocycles. The Morgan fingerprint density at radius 3 is 2.76 bits per heavy atom. The normalized spacial score (nSPS) is 16.4. The first-order valence-electron chi connectivity index (χ1n) is 6.87. The third-order valence-corrected chi connectivity index (χ3v) is 3.61. The minimum absolute atomic E-state index is 0.00187. The van der Waals surface area contributed by atoms with Crippen LogP contribution < -0.4 is 10.6 Å². The zero-order chi connectivity index (χ0) is 15.4. The molecule has 0 saturated heterocycles. The van der Waals surface area contributed by atoms with Gasteiger partial charge in [0, 0.05) is 18.3 Å². The fourth-order valence-electron chi connectivity index (χ4n) is 2.05. The molecule has 1 aliphatic rings. The number of hydrogen-bond acceptors (Lipinski definition) is 3. The van der Waals surface area contributed by atoms with Crippen LogP contribution in [0.25, 0.3) is 0 Å². The summed E-state index contributed by atoms with van der Waals surface area (Å²) in [6.07, 6.45) is 5.14. The molecule has 2 N–H and O–H groups in total. The van der Waals surface area contributed by atoms with Crippen molar-refractivity contribution in [1.29, 1.82) is 0 Å². The summed E-state index contributed by atoms with van der Waals surface area (Å²) in [5, 5.41) is 5.11. The lowest BCUT2D eigenvalue weighted by Crippen LogP contribution is -2.47. The summed E-state index contributed by atoms with van der Waals surface area (Å²) in [6.45, 7) is -1.25. The Bertz CT molecular complexity index is 514. The largest absolute Gasteiger partial charge is 0.347 e. The van der Waals surface area contributed by atoms with Crippen molar-refractivity contribution < 1.29 is 18.4 Å². The van der Waals surface area contributed by atoms with Gasteiger partial charge in [0.25, 0.3) is 0 Å². The highest BCUT2D eigenvalue weighted by atomic mass is 19.3. The van der Waals surface area contributed by atoms with Crippen LogP contribution in [0.5, 0.6) is 0 Å². The van der Waals surface area contributed by atoms with Gasteiger partial charge in [-0.05, 0) is 19.8 Å². The van der Waals surface area contributed by atoms with E-state index in [1.165, 1.54) is 6.20 Å². The number of amides is 2. The van der Waals surface area contributed by atoms with Gasteiger partial charge in [0.2, 0.25) is 11.8 Å². The molecule has 0 radical (unpaired) electrons. The summed E-state index contributed by atoms with van der Waals surface area (Å²) in [7, 11) is 0. The van der Waals surface area contributed by atoms with Crippen LogP contribution in [0.4, 0.5) is 8.78 Å². The molecular weight excluding hydrogens is 282 g/mol. The predicted octanol–water partition coefficient (Wildman–Crippen LogP) is 1.20. The van der Waals surface area contributed by atoms with Crippen molar-refractivity contribution in [2.45, 2.75) is 45.3 Å². The molecule has 2 rings (SSSR count). The number of nitrogens with one attached hydrogen (secondary N) is 2. The molecule has 0 aliphatic heterocycles. The number of halogens is 2. The minimum Gasteiger partial charge on any atom is -0.347 e. The van der Waals surface area contributed by atoms with Gasteiger partial charge in [0.05, 0.1) is 6.54 Å². The Kier molecular flexibility index (Phi) is 4.87. The summed E-state index contributed by atoms with van der Waals surface area (Å²) in [5.74, 6) is -0.488. The second kappa shape index (κ2) is 6.64. The number of alkyl halides is 2. The van der Waals surface area contributed by atoms with Crippen LogP contribution in [0.3, 0.4) is 0 Å². The lowest BCUT2D eigenvalue weighted by molar-refractivity contribution is -0.132. The highest BCUT2D eigenvalue weighted by Crippen LogP contribution is 2.26. The first kappa shape index (κ1) is 15.4. The molecule has 116 valence electrons. The molecule has 0 bridgehead atoms. The van der Waals surface area contributed by atoms with E-state index in [1.54, 1.807) is 6.92 Å². The Morgan fingerprint density at radius 2 is 2.19 bits per heavy atom. The van der Waals surface area contributed by atoms with Gasteiger partial charge in [-0.15, -0.1) is 0 Å². The Morgan fingerprint density at radius 1 is 1.48 bits per heavy atom. The second-order valence-electron chi connectivity index (χ2n) is 5.10. The summed E-state index contributed by atoms with van der Waals surface area (Å²) < 4.78 is 25.9. The Labute approximate surface area is 120 Å². The van der Waals surface area contributed by atoms with E-state index in [9.17, 15) is 18.4 Å². The maximum atomic E-state index is 12.6. The van der Waals surface area contributed by atoms with Gasteiger partial charge in [0.1, 0.15) is 11.9 Å². The van der Waals surface area contributed by atoms with Crippen LogP contribution in [0.2, 0.25) is 0 Å². The molecule has 1 aromatic heterocycles. The molecule has 0 spiro atoms. The smallest absolute Gasteiger partial charge is 0.319 e. The first-order valence-corrected chi connectivity index (χ1v) is 6.87. The molecule has 1 unspecified atom stereocenters. The van der Waals surface area contributed by atoms with Crippen molar-refractivity contribution in [2.24, 2.45) is 5.92 Å². The molecule has 1 heterocycles. The standard InChI is InChI=1S/C13H18F2N4O2/c1-8(18-12(21)9-3-2-4-9)11(20)17-7-10-16-5-6-19(10)13(14)15/h5-6,8-9,13H,2-4,7H2,1H3,(H,17,20)(H,18,21). The minimum atomic E-state index is -2.70. The Hall–Kier alpha value is -1.99. The quantitative estimate of drug-likeness (QED) is 0.829. The zero-order valence-electron chi connectivity index (χ0n) is 11.7. The van der Waals surface area contributed by atoms with Gasteiger partial charge in [-0.2, -0.15) is 8.78 Å². The number of carbonyl (C=O) groups excluding carboxylic acids is 2. The number of aromatic nitrogens is 2. The molecule has 0 aromatic carbocycles. The number of hydrogen-bond donors (Lipinski definition) is 2. The summed E-state index contributed by atoms with van der Waals surface area (Å²) >= 11 is 0. The van der Waals surface area contributed by atoms with Crippen LogP contribution in [0, 0.1) is 5.92 Å². The fraction of sp³-hybridized carbons (Fsp3) is 0.615.